The van der Waals surface area contributed by atoms with Crippen LogP contribution in [0.4, 0.5) is 5.69 Å². The van der Waals surface area contributed by atoms with Crippen molar-refractivity contribution in [3.8, 4) is 0 Å². The third kappa shape index (κ3) is 3.68. The van der Waals surface area contributed by atoms with E-state index in [9.17, 15) is 4.79 Å². The van der Waals surface area contributed by atoms with Crippen LogP contribution in [-0.2, 0) is 6.54 Å². The summed E-state index contributed by atoms with van der Waals surface area (Å²) in [6, 6.07) is 8.73. The van der Waals surface area contributed by atoms with Crippen LogP contribution in [0.3, 0.4) is 0 Å². The third-order valence-electron chi connectivity index (χ3n) is 3.08. The molecule has 5 heteroatoms. The summed E-state index contributed by atoms with van der Waals surface area (Å²) in [6.45, 7) is 2.80. The van der Waals surface area contributed by atoms with Gasteiger partial charge in [0.2, 0.25) is 0 Å². The molecule has 4 nitrogen and oxygen atoms in total. The molecule has 19 heavy (non-hydrogen) atoms. The summed E-state index contributed by atoms with van der Waals surface area (Å²) in [6.07, 6.45) is 0. The lowest BCUT2D eigenvalue weighted by atomic mass is 10.1. The number of hydrogen-bond donors (Lipinski definition) is 2. The summed E-state index contributed by atoms with van der Waals surface area (Å²) in [7, 11) is 4.06. The van der Waals surface area contributed by atoms with Gasteiger partial charge in [0.25, 0.3) is 0 Å². The summed E-state index contributed by atoms with van der Waals surface area (Å²) in [5.41, 5.74) is 3.37. The zero-order valence-electron chi connectivity index (χ0n) is 11.4. The fraction of sp³-hybridized carbons (Fsp3) is 0.357. The molecule has 2 rings (SSSR count). The van der Waals surface area contributed by atoms with E-state index in [1.807, 2.05) is 19.5 Å². The van der Waals surface area contributed by atoms with Gasteiger partial charge in [-0.1, -0.05) is 23.5 Å². The molecule has 0 radical (unpaired) electrons. The molecule has 1 heterocycles. The standard InChI is InChI=1S/C14H19N3OS/c1-10(15-8-12-9-19-14(18)16-12)11-4-6-13(7-5-11)17(2)3/h4-7,9-10,15H,8H2,1-3H3,(H,16,18). The van der Waals surface area contributed by atoms with Gasteiger partial charge in [0, 0.05) is 43.4 Å². The van der Waals surface area contributed by atoms with Gasteiger partial charge in [0.15, 0.2) is 0 Å². The van der Waals surface area contributed by atoms with Crippen LogP contribution in [0.5, 0.6) is 0 Å². The van der Waals surface area contributed by atoms with Crippen LogP contribution in [0, 0.1) is 0 Å². The SMILES string of the molecule is CC(NCc1csc(=O)[nH]1)c1ccc(N(C)C)cc1. The van der Waals surface area contributed by atoms with Crippen molar-refractivity contribution in [3.63, 3.8) is 0 Å². The molecular formula is C14H19N3OS. The van der Waals surface area contributed by atoms with Crippen molar-refractivity contribution in [2.75, 3.05) is 19.0 Å². The number of nitrogens with one attached hydrogen (secondary N) is 2. The second-order valence-electron chi connectivity index (χ2n) is 4.76. The quantitative estimate of drug-likeness (QED) is 0.882. The first-order valence-electron chi connectivity index (χ1n) is 6.23. The van der Waals surface area contributed by atoms with E-state index in [2.05, 4.69) is 46.4 Å². The lowest BCUT2D eigenvalue weighted by Gasteiger charge is -2.16. The average Bonchev–Trinajstić information content (AvgIpc) is 2.82. The number of hydrogen-bond acceptors (Lipinski definition) is 4. The first-order valence-corrected chi connectivity index (χ1v) is 7.11. The number of aromatic amines is 1. The lowest BCUT2D eigenvalue weighted by Crippen LogP contribution is -2.19. The van der Waals surface area contributed by atoms with E-state index >= 15 is 0 Å². The van der Waals surface area contributed by atoms with E-state index in [0.29, 0.717) is 6.54 Å². The zero-order chi connectivity index (χ0) is 13.8. The van der Waals surface area contributed by atoms with Crippen LogP contribution in [0.25, 0.3) is 0 Å². The van der Waals surface area contributed by atoms with Crippen LogP contribution in [0.2, 0.25) is 0 Å². The van der Waals surface area contributed by atoms with Crippen LogP contribution in [0.1, 0.15) is 24.2 Å². The summed E-state index contributed by atoms with van der Waals surface area (Å²) in [4.78, 5) is 15.9. The Labute approximate surface area is 117 Å². The largest absolute Gasteiger partial charge is 0.378 e. The molecule has 0 aliphatic carbocycles. The van der Waals surface area contributed by atoms with Crippen molar-refractivity contribution in [2.45, 2.75) is 19.5 Å². The summed E-state index contributed by atoms with van der Waals surface area (Å²) in [5, 5.41) is 5.26. The van der Waals surface area contributed by atoms with E-state index < -0.39 is 0 Å². The minimum absolute atomic E-state index is 0.000195. The minimum atomic E-state index is -0.000195. The maximum atomic E-state index is 11.0. The molecular weight excluding hydrogens is 258 g/mol. The Morgan fingerprint density at radius 1 is 1.32 bits per heavy atom. The molecule has 0 saturated heterocycles. The molecule has 1 unspecified atom stereocenters. The maximum absolute atomic E-state index is 11.0. The van der Waals surface area contributed by atoms with Gasteiger partial charge in [-0.05, 0) is 24.6 Å². The smallest absolute Gasteiger partial charge is 0.304 e. The summed E-state index contributed by atoms with van der Waals surface area (Å²) >= 11 is 1.20. The molecule has 102 valence electrons. The monoisotopic (exact) mass is 277 g/mol. The minimum Gasteiger partial charge on any atom is -0.378 e. The highest BCUT2D eigenvalue weighted by Crippen LogP contribution is 2.17. The van der Waals surface area contributed by atoms with Crippen molar-refractivity contribution in [1.29, 1.82) is 0 Å². The second kappa shape index (κ2) is 6.04. The Balaban J connectivity index is 1.95. The summed E-state index contributed by atoms with van der Waals surface area (Å²) < 4.78 is 0. The van der Waals surface area contributed by atoms with Crippen LogP contribution >= 0.6 is 11.3 Å². The zero-order valence-corrected chi connectivity index (χ0v) is 12.3. The molecule has 1 aromatic carbocycles. The first-order chi connectivity index (χ1) is 9.06. The highest BCUT2D eigenvalue weighted by atomic mass is 32.1. The van der Waals surface area contributed by atoms with Gasteiger partial charge >= 0.3 is 4.87 Å². The summed E-state index contributed by atoms with van der Waals surface area (Å²) in [5.74, 6) is 0. The topological polar surface area (TPSA) is 48.1 Å². The first kappa shape index (κ1) is 13.8. The molecule has 0 spiro atoms. The van der Waals surface area contributed by atoms with Crippen LogP contribution in [-0.4, -0.2) is 19.1 Å². The van der Waals surface area contributed by atoms with Gasteiger partial charge in [-0.2, -0.15) is 0 Å². The van der Waals surface area contributed by atoms with Gasteiger partial charge in [-0.3, -0.25) is 4.79 Å². The van der Waals surface area contributed by atoms with Crippen molar-refractivity contribution in [3.05, 3.63) is 50.6 Å². The van der Waals surface area contributed by atoms with Crippen molar-refractivity contribution in [1.82, 2.24) is 10.3 Å². The predicted molar refractivity (Wildman–Crippen MR) is 81.0 cm³/mol. The fourth-order valence-corrected chi connectivity index (χ4v) is 2.42. The molecule has 0 amide bonds. The fourth-order valence-electron chi connectivity index (χ4n) is 1.84. The van der Waals surface area contributed by atoms with Gasteiger partial charge in [-0.25, -0.2) is 0 Å². The average molecular weight is 277 g/mol. The Kier molecular flexibility index (Phi) is 4.39. The highest BCUT2D eigenvalue weighted by molar-refractivity contribution is 7.07. The van der Waals surface area contributed by atoms with E-state index in [4.69, 9.17) is 0 Å². The predicted octanol–water partition coefficient (Wildman–Crippen LogP) is 2.35. The number of benzene rings is 1. The van der Waals surface area contributed by atoms with Gasteiger partial charge in [0.1, 0.15) is 0 Å². The number of H-pyrrole nitrogens is 1. The van der Waals surface area contributed by atoms with Gasteiger partial charge in [-0.15, -0.1) is 0 Å². The Morgan fingerprint density at radius 3 is 2.53 bits per heavy atom. The normalized spacial score (nSPS) is 12.4. The molecule has 0 aliphatic heterocycles. The Morgan fingerprint density at radius 2 is 2.00 bits per heavy atom. The van der Waals surface area contributed by atoms with Crippen molar-refractivity contribution < 1.29 is 0 Å². The van der Waals surface area contributed by atoms with Gasteiger partial charge in [0.05, 0.1) is 0 Å². The Bertz CT molecular complexity index is 571. The molecule has 0 fully saturated rings. The van der Waals surface area contributed by atoms with Gasteiger partial charge < -0.3 is 15.2 Å². The van der Waals surface area contributed by atoms with E-state index in [1.54, 1.807) is 0 Å². The van der Waals surface area contributed by atoms with E-state index in [0.717, 1.165) is 5.69 Å². The molecule has 0 aliphatic rings. The van der Waals surface area contributed by atoms with E-state index in [-0.39, 0.29) is 10.9 Å². The molecule has 1 aromatic heterocycles. The molecule has 1 atom stereocenters. The number of aromatic nitrogens is 1. The number of rotatable bonds is 5. The maximum Gasteiger partial charge on any atom is 0.304 e. The highest BCUT2D eigenvalue weighted by Gasteiger charge is 2.06. The third-order valence-corrected chi connectivity index (χ3v) is 3.80. The molecule has 2 aromatic rings. The molecule has 0 saturated carbocycles. The number of thiazole rings is 1. The second-order valence-corrected chi connectivity index (χ2v) is 5.60. The number of nitrogens with zero attached hydrogens (tertiary/aromatic N) is 1. The molecule has 2 N–H and O–H groups in total. The van der Waals surface area contributed by atoms with Crippen molar-refractivity contribution >= 4 is 17.0 Å². The Hall–Kier alpha value is -1.59. The lowest BCUT2D eigenvalue weighted by molar-refractivity contribution is 0.569. The van der Waals surface area contributed by atoms with Crippen LogP contribution < -0.4 is 15.1 Å². The van der Waals surface area contributed by atoms with Crippen LogP contribution in [0.15, 0.2) is 34.4 Å². The number of anilines is 1. The van der Waals surface area contributed by atoms with E-state index in [1.165, 1.54) is 22.6 Å². The van der Waals surface area contributed by atoms with Crippen molar-refractivity contribution in [2.24, 2.45) is 0 Å². The molecule has 0 bridgehead atoms.